The minimum atomic E-state index is -1.16. The lowest BCUT2D eigenvalue weighted by Gasteiger charge is -2.33. The lowest BCUT2D eigenvalue weighted by molar-refractivity contribution is 0.157. The van der Waals surface area contributed by atoms with Gasteiger partial charge >= 0.3 is 0 Å². The zero-order valence-electron chi connectivity index (χ0n) is 19.5. The summed E-state index contributed by atoms with van der Waals surface area (Å²) >= 11 is 0. The molecule has 0 N–H and O–H groups in total. The fraction of sp³-hybridized carbons (Fsp3) is 0.440. The van der Waals surface area contributed by atoms with E-state index in [1.165, 1.54) is 0 Å². The van der Waals surface area contributed by atoms with Crippen molar-refractivity contribution in [1.29, 1.82) is 5.26 Å². The third-order valence-electron chi connectivity index (χ3n) is 5.49. The molecule has 0 amide bonds. The number of benzene rings is 1. The largest absolute Gasteiger partial charge is 0.483 e. The molecule has 0 radical (unpaired) electrons. The van der Waals surface area contributed by atoms with Gasteiger partial charge in [0.25, 0.3) is 5.56 Å². The van der Waals surface area contributed by atoms with Crippen LogP contribution in [0.15, 0.2) is 47.4 Å². The predicted molar refractivity (Wildman–Crippen MR) is 127 cm³/mol. The van der Waals surface area contributed by atoms with E-state index in [9.17, 15) is 10.1 Å². The number of aromatic nitrogens is 1. The lowest BCUT2D eigenvalue weighted by Crippen LogP contribution is -2.32. The van der Waals surface area contributed by atoms with E-state index in [0.29, 0.717) is 17.9 Å². The normalized spacial score (nSPS) is 16.2. The topological polar surface area (TPSA) is 64.2 Å². The van der Waals surface area contributed by atoms with E-state index in [0.717, 1.165) is 16.8 Å². The van der Waals surface area contributed by atoms with Crippen molar-refractivity contribution in [1.82, 2.24) is 4.57 Å². The van der Waals surface area contributed by atoms with Crippen LogP contribution < -0.4 is 10.3 Å². The molecule has 6 heteroatoms. The van der Waals surface area contributed by atoms with Gasteiger partial charge in [0.2, 0.25) is 0 Å². The van der Waals surface area contributed by atoms with E-state index < -0.39 is 14.6 Å². The molecule has 3 rings (SSSR count). The van der Waals surface area contributed by atoms with Crippen LogP contribution in [0.4, 0.5) is 0 Å². The Hall–Kier alpha value is -2.62. The van der Waals surface area contributed by atoms with Crippen LogP contribution in [0.5, 0.6) is 5.75 Å². The van der Waals surface area contributed by atoms with E-state index in [1.54, 1.807) is 28.8 Å². The summed E-state index contributed by atoms with van der Waals surface area (Å²) < 4.78 is 13.7. The van der Waals surface area contributed by atoms with Crippen molar-refractivity contribution in [2.45, 2.75) is 59.2 Å². The molecule has 1 unspecified atom stereocenters. The summed E-state index contributed by atoms with van der Waals surface area (Å²) in [7, 11) is -1.16. The summed E-state index contributed by atoms with van der Waals surface area (Å²) in [5.41, 5.74) is 2.29. The zero-order chi connectivity index (χ0) is 23.0. The van der Waals surface area contributed by atoms with Crippen molar-refractivity contribution in [2.75, 3.05) is 6.61 Å². The molecule has 164 valence electrons. The average Bonchev–Trinajstić information content (AvgIpc) is 2.65. The standard InChI is InChI=1S/C25H32N2O3Si/c1-24(2,3)20(16-29-31(6)7)18-10-11-27(23(28)13-18)21-14-25(4,5)30-22-9-8-17(15-26)12-19(21)22/h8-14,20,31H,16H2,1-7H3. The summed E-state index contributed by atoms with van der Waals surface area (Å²) in [6.07, 6.45) is 3.77. The fourth-order valence-corrected chi connectivity index (χ4v) is 4.43. The number of hydrogen-bond acceptors (Lipinski definition) is 4. The number of pyridine rings is 1. The molecular formula is C25H32N2O3Si. The SMILES string of the molecule is C[SiH](C)OCC(c1ccn(C2=CC(C)(C)Oc3ccc(C#N)cc32)c(=O)c1)C(C)(C)C. The van der Waals surface area contributed by atoms with E-state index in [4.69, 9.17) is 9.16 Å². The first-order valence-corrected chi connectivity index (χ1v) is 13.5. The van der Waals surface area contributed by atoms with E-state index >= 15 is 0 Å². The van der Waals surface area contributed by atoms with Gasteiger partial charge in [-0.1, -0.05) is 20.8 Å². The second-order valence-electron chi connectivity index (χ2n) is 10.0. The third-order valence-corrected chi connectivity index (χ3v) is 6.35. The molecule has 0 saturated heterocycles. The highest BCUT2D eigenvalue weighted by Gasteiger charge is 2.30. The Balaban J connectivity index is 2.08. The lowest BCUT2D eigenvalue weighted by atomic mass is 9.77. The highest BCUT2D eigenvalue weighted by atomic mass is 28.3. The van der Waals surface area contributed by atoms with Gasteiger partial charge in [0.1, 0.15) is 11.4 Å². The molecule has 0 saturated carbocycles. The Labute approximate surface area is 186 Å². The Kier molecular flexibility index (Phi) is 6.31. The molecule has 2 aromatic rings. The zero-order valence-corrected chi connectivity index (χ0v) is 20.7. The van der Waals surface area contributed by atoms with Crippen molar-refractivity contribution in [2.24, 2.45) is 5.41 Å². The number of nitrogens with zero attached hydrogens (tertiary/aromatic N) is 2. The first kappa shape index (κ1) is 23.0. The van der Waals surface area contributed by atoms with Crippen LogP contribution in [0.25, 0.3) is 5.70 Å². The molecular weight excluding hydrogens is 404 g/mol. The van der Waals surface area contributed by atoms with Crippen LogP contribution in [0.1, 0.15) is 57.2 Å². The molecule has 0 spiro atoms. The number of hydrogen-bond donors (Lipinski definition) is 0. The van der Waals surface area contributed by atoms with E-state index in [1.807, 2.05) is 32.2 Å². The van der Waals surface area contributed by atoms with Crippen molar-refractivity contribution in [3.63, 3.8) is 0 Å². The molecule has 1 aliphatic rings. The van der Waals surface area contributed by atoms with Gasteiger partial charge in [-0.2, -0.15) is 5.26 Å². The van der Waals surface area contributed by atoms with Crippen molar-refractivity contribution in [3.05, 3.63) is 69.6 Å². The minimum Gasteiger partial charge on any atom is -0.483 e. The molecule has 31 heavy (non-hydrogen) atoms. The Bertz CT molecular complexity index is 1100. The van der Waals surface area contributed by atoms with Gasteiger partial charge in [-0.05, 0) is 68.3 Å². The molecule has 2 heterocycles. The van der Waals surface area contributed by atoms with Gasteiger partial charge in [0.15, 0.2) is 9.04 Å². The van der Waals surface area contributed by atoms with Crippen molar-refractivity contribution < 1.29 is 9.16 Å². The third kappa shape index (κ3) is 5.17. The molecule has 0 bridgehead atoms. The summed E-state index contributed by atoms with van der Waals surface area (Å²) in [6.45, 7) is 15.4. The van der Waals surface area contributed by atoms with Crippen LogP contribution >= 0.6 is 0 Å². The molecule has 5 nitrogen and oxygen atoms in total. The second kappa shape index (κ2) is 8.49. The number of nitriles is 1. The minimum absolute atomic E-state index is 0.0316. The number of ether oxygens (including phenoxy) is 1. The van der Waals surface area contributed by atoms with Crippen LogP contribution in [-0.4, -0.2) is 25.8 Å². The average molecular weight is 437 g/mol. The van der Waals surface area contributed by atoms with Crippen LogP contribution in [0.3, 0.4) is 0 Å². The number of fused-ring (bicyclic) bond motifs is 1. The molecule has 1 aromatic carbocycles. The van der Waals surface area contributed by atoms with Crippen LogP contribution in [0.2, 0.25) is 13.1 Å². The van der Waals surface area contributed by atoms with Crippen LogP contribution in [-0.2, 0) is 4.43 Å². The molecule has 0 fully saturated rings. The van der Waals surface area contributed by atoms with E-state index in [2.05, 4.69) is 39.9 Å². The van der Waals surface area contributed by atoms with Gasteiger partial charge in [-0.25, -0.2) is 0 Å². The van der Waals surface area contributed by atoms with E-state index in [-0.39, 0.29) is 16.9 Å². The Morgan fingerprint density at radius 3 is 2.52 bits per heavy atom. The Morgan fingerprint density at radius 2 is 1.94 bits per heavy atom. The predicted octanol–water partition coefficient (Wildman–Crippen LogP) is 4.91. The molecule has 1 aliphatic heterocycles. The quantitative estimate of drug-likeness (QED) is 0.625. The van der Waals surface area contributed by atoms with Gasteiger partial charge < -0.3 is 9.16 Å². The second-order valence-corrected chi connectivity index (χ2v) is 12.5. The Morgan fingerprint density at radius 1 is 1.23 bits per heavy atom. The molecule has 1 atom stereocenters. The van der Waals surface area contributed by atoms with Gasteiger partial charge in [-0.3, -0.25) is 9.36 Å². The van der Waals surface area contributed by atoms with Gasteiger partial charge in [0, 0.05) is 30.4 Å². The first-order valence-electron chi connectivity index (χ1n) is 10.7. The summed E-state index contributed by atoms with van der Waals surface area (Å²) in [4.78, 5) is 13.3. The maximum absolute atomic E-state index is 13.3. The monoisotopic (exact) mass is 436 g/mol. The first-order chi connectivity index (χ1) is 14.4. The maximum atomic E-state index is 13.3. The maximum Gasteiger partial charge on any atom is 0.255 e. The summed E-state index contributed by atoms with van der Waals surface area (Å²) in [5, 5.41) is 9.33. The highest BCUT2D eigenvalue weighted by Crippen LogP contribution is 2.38. The fourth-order valence-electron chi connectivity index (χ4n) is 3.85. The van der Waals surface area contributed by atoms with Gasteiger partial charge in [-0.15, -0.1) is 0 Å². The highest BCUT2D eigenvalue weighted by molar-refractivity contribution is 6.48. The smallest absolute Gasteiger partial charge is 0.255 e. The number of rotatable bonds is 5. The van der Waals surface area contributed by atoms with Gasteiger partial charge in [0.05, 0.1) is 17.3 Å². The van der Waals surface area contributed by atoms with Crippen LogP contribution in [0, 0.1) is 16.7 Å². The molecule has 1 aromatic heterocycles. The summed E-state index contributed by atoms with van der Waals surface area (Å²) in [5.74, 6) is 0.794. The van der Waals surface area contributed by atoms with Crippen molar-refractivity contribution >= 4 is 14.7 Å². The molecule has 0 aliphatic carbocycles. The summed E-state index contributed by atoms with van der Waals surface area (Å²) in [6, 6.07) is 11.2. The van der Waals surface area contributed by atoms with Crippen molar-refractivity contribution in [3.8, 4) is 11.8 Å².